The molecule has 1 saturated heterocycles. The number of nitrogens with zero attached hydrogens (tertiary/aromatic N) is 2. The van der Waals surface area contributed by atoms with Gasteiger partial charge in [0.2, 0.25) is 17.7 Å². The topological polar surface area (TPSA) is 124 Å². The number of anilines is 2. The fraction of sp³-hybridized carbons (Fsp3) is 0.219. The monoisotopic (exact) mass is 663 g/mol. The number of methoxy groups -OCH3 is 1. The largest absolute Gasteiger partial charge is 0.497 e. The molecule has 230 valence electrons. The summed E-state index contributed by atoms with van der Waals surface area (Å²) in [5, 5.41) is 2.90. The molecule has 3 aromatic carbocycles. The molecule has 2 aliphatic rings. The summed E-state index contributed by atoms with van der Waals surface area (Å²) in [7, 11) is 1.55. The van der Waals surface area contributed by atoms with Gasteiger partial charge in [-0.25, -0.2) is 9.69 Å². The third-order valence-corrected chi connectivity index (χ3v) is 10.4. The summed E-state index contributed by atoms with van der Waals surface area (Å²) in [4.78, 5) is 68.0. The summed E-state index contributed by atoms with van der Waals surface area (Å²) >= 11 is 8.04. The predicted octanol–water partition coefficient (Wildman–Crippen LogP) is 5.18. The van der Waals surface area contributed by atoms with Crippen molar-refractivity contribution in [1.29, 1.82) is 0 Å². The van der Waals surface area contributed by atoms with Crippen molar-refractivity contribution in [2.45, 2.75) is 29.7 Å². The van der Waals surface area contributed by atoms with Crippen LogP contribution in [0.4, 0.5) is 11.4 Å². The van der Waals surface area contributed by atoms with E-state index in [0.29, 0.717) is 37.6 Å². The van der Waals surface area contributed by atoms with Gasteiger partial charge in [0.05, 0.1) is 35.9 Å². The number of esters is 1. The van der Waals surface area contributed by atoms with Crippen molar-refractivity contribution >= 4 is 69.8 Å². The van der Waals surface area contributed by atoms with E-state index < -0.39 is 40.8 Å². The highest BCUT2D eigenvalue weighted by Gasteiger charge is 2.56. The van der Waals surface area contributed by atoms with E-state index in [0.717, 1.165) is 33.6 Å². The molecule has 0 saturated carbocycles. The number of amides is 3. The molecule has 0 radical (unpaired) electrons. The average molecular weight is 664 g/mol. The second-order valence-corrected chi connectivity index (χ2v) is 12.8. The number of fused-ring (bicyclic) bond motifs is 2. The zero-order valence-electron chi connectivity index (χ0n) is 24.0. The van der Waals surface area contributed by atoms with Crippen molar-refractivity contribution in [1.82, 2.24) is 4.57 Å². The van der Waals surface area contributed by atoms with Crippen molar-refractivity contribution in [2.24, 2.45) is 5.92 Å². The van der Waals surface area contributed by atoms with E-state index in [4.69, 9.17) is 21.1 Å². The van der Waals surface area contributed by atoms with E-state index in [1.807, 2.05) is 12.1 Å². The van der Waals surface area contributed by atoms with Crippen LogP contribution in [-0.4, -0.2) is 47.2 Å². The predicted molar refractivity (Wildman–Crippen MR) is 172 cm³/mol. The van der Waals surface area contributed by atoms with Crippen LogP contribution < -0.4 is 19.8 Å². The minimum atomic E-state index is -0.860. The molecule has 3 amide bonds. The van der Waals surface area contributed by atoms with E-state index in [1.165, 1.54) is 16.7 Å². The molecular formula is C32H26ClN3O7S2. The Balaban J connectivity index is 1.37. The van der Waals surface area contributed by atoms with Gasteiger partial charge in [0.15, 0.2) is 0 Å². The summed E-state index contributed by atoms with van der Waals surface area (Å²) in [5.74, 6) is -2.63. The number of aromatic nitrogens is 1. The fourth-order valence-electron chi connectivity index (χ4n) is 5.52. The van der Waals surface area contributed by atoms with Crippen molar-refractivity contribution in [2.75, 3.05) is 23.9 Å². The van der Waals surface area contributed by atoms with E-state index in [-0.39, 0.29) is 18.0 Å². The number of thiazole rings is 1. The second-order valence-electron chi connectivity index (χ2n) is 10.3. The van der Waals surface area contributed by atoms with Gasteiger partial charge in [-0.05, 0) is 73.2 Å². The molecule has 2 unspecified atom stereocenters. The Hall–Kier alpha value is -4.39. The normalized spacial score (nSPS) is 18.7. The summed E-state index contributed by atoms with van der Waals surface area (Å²) in [6.45, 7) is 1.64. The van der Waals surface area contributed by atoms with Gasteiger partial charge < -0.3 is 14.8 Å². The number of carbonyl (C=O) groups excluding carboxylic acids is 4. The Kier molecular flexibility index (Phi) is 8.54. The number of imide groups is 1. The van der Waals surface area contributed by atoms with Gasteiger partial charge in [0, 0.05) is 21.5 Å². The maximum Gasteiger partial charge on any atom is 0.338 e. The van der Waals surface area contributed by atoms with Crippen molar-refractivity contribution in [3.63, 3.8) is 0 Å². The molecule has 1 aromatic heterocycles. The molecule has 1 N–H and O–H groups in total. The Bertz CT molecular complexity index is 1850. The Morgan fingerprint density at radius 3 is 2.27 bits per heavy atom. The van der Waals surface area contributed by atoms with E-state index in [9.17, 15) is 24.0 Å². The SMILES string of the molecule is CCOC(=O)c1ccc(N2C(=O)C3Sc4c(sc(=O)n4CC(=O)Nc4ccc(Cl)cc4)[C@H](c4ccc(OC)cc4)C3C2=O)cc1. The first-order chi connectivity index (χ1) is 21.7. The first-order valence-corrected chi connectivity index (χ1v) is 16.0. The molecule has 1 fully saturated rings. The van der Waals surface area contributed by atoms with Crippen molar-refractivity contribution < 1.29 is 28.7 Å². The van der Waals surface area contributed by atoms with Gasteiger partial charge in [-0.3, -0.25) is 23.7 Å². The molecule has 3 heterocycles. The lowest BCUT2D eigenvalue weighted by Gasteiger charge is -2.30. The molecule has 45 heavy (non-hydrogen) atoms. The Morgan fingerprint density at radius 1 is 0.933 bits per heavy atom. The van der Waals surface area contributed by atoms with Gasteiger partial charge in [-0.1, -0.05) is 46.8 Å². The molecule has 13 heteroatoms. The van der Waals surface area contributed by atoms with E-state index >= 15 is 0 Å². The quantitative estimate of drug-likeness (QED) is 0.202. The highest BCUT2D eigenvalue weighted by atomic mass is 35.5. The first kappa shape index (κ1) is 30.6. The summed E-state index contributed by atoms with van der Waals surface area (Å²) in [6.07, 6.45) is 0. The van der Waals surface area contributed by atoms with Crippen LogP contribution in [-0.2, 0) is 25.7 Å². The van der Waals surface area contributed by atoms with Gasteiger partial charge in [-0.15, -0.1) is 0 Å². The number of ether oxygens (including phenoxy) is 2. The second kappa shape index (κ2) is 12.5. The standard InChI is InChI=1S/C32H26ClN3O7S2/c1-3-43-31(40)18-4-12-21(13-5-18)36-28(38)25-24(17-6-14-22(42-2)15-7-17)27-30(44-26(25)29(36)39)35(32(41)45-27)16-23(37)34-20-10-8-19(33)9-11-20/h4-15,24-26H,3,16H2,1-2H3,(H,34,37)/t24-,25?,26?/m1/s1. The number of carbonyl (C=O) groups is 4. The van der Waals surface area contributed by atoms with Crippen LogP contribution in [0.2, 0.25) is 5.02 Å². The Morgan fingerprint density at radius 2 is 1.62 bits per heavy atom. The molecule has 0 bridgehead atoms. The minimum Gasteiger partial charge on any atom is -0.497 e. The molecule has 2 aliphatic heterocycles. The zero-order valence-corrected chi connectivity index (χ0v) is 26.4. The molecule has 0 spiro atoms. The Labute approximate surface area is 270 Å². The summed E-state index contributed by atoms with van der Waals surface area (Å²) in [6, 6.07) is 19.9. The smallest absolute Gasteiger partial charge is 0.338 e. The third-order valence-electron chi connectivity index (χ3n) is 7.59. The molecule has 3 atom stereocenters. The number of hydrogen-bond donors (Lipinski definition) is 1. The minimum absolute atomic E-state index is 0.217. The number of nitrogens with one attached hydrogen (secondary N) is 1. The van der Waals surface area contributed by atoms with Gasteiger partial charge in [0.25, 0.3) is 0 Å². The zero-order chi connectivity index (χ0) is 31.8. The van der Waals surface area contributed by atoms with Gasteiger partial charge in [0.1, 0.15) is 17.5 Å². The van der Waals surface area contributed by atoms with Crippen molar-refractivity contribution in [3.8, 4) is 5.75 Å². The van der Waals surface area contributed by atoms with Crippen LogP contribution in [0.5, 0.6) is 5.75 Å². The first-order valence-electron chi connectivity index (χ1n) is 13.9. The molecule has 6 rings (SSSR count). The maximum atomic E-state index is 14.1. The fourth-order valence-corrected chi connectivity index (χ4v) is 8.42. The lowest BCUT2D eigenvalue weighted by Crippen LogP contribution is -2.33. The summed E-state index contributed by atoms with van der Waals surface area (Å²) < 4.78 is 11.7. The molecular weight excluding hydrogens is 638 g/mol. The summed E-state index contributed by atoms with van der Waals surface area (Å²) in [5.41, 5.74) is 1.87. The van der Waals surface area contributed by atoms with Crippen LogP contribution in [0.25, 0.3) is 0 Å². The van der Waals surface area contributed by atoms with Crippen LogP contribution in [0.15, 0.2) is 82.6 Å². The number of hydrogen-bond acceptors (Lipinski definition) is 9. The maximum absolute atomic E-state index is 14.1. The van der Waals surface area contributed by atoms with Crippen LogP contribution in [0, 0.1) is 5.92 Å². The number of benzene rings is 3. The molecule has 4 aromatic rings. The lowest BCUT2D eigenvalue weighted by molar-refractivity contribution is -0.122. The van der Waals surface area contributed by atoms with Crippen molar-refractivity contribution in [3.05, 3.63) is 103 Å². The highest BCUT2D eigenvalue weighted by molar-refractivity contribution is 8.00. The molecule has 0 aliphatic carbocycles. The van der Waals surface area contributed by atoms with E-state index in [1.54, 1.807) is 62.6 Å². The van der Waals surface area contributed by atoms with Crippen LogP contribution >= 0.6 is 34.7 Å². The highest BCUT2D eigenvalue weighted by Crippen LogP contribution is 2.54. The number of rotatable bonds is 8. The van der Waals surface area contributed by atoms with Gasteiger partial charge in [-0.2, -0.15) is 0 Å². The van der Waals surface area contributed by atoms with Crippen LogP contribution in [0.1, 0.15) is 33.6 Å². The van der Waals surface area contributed by atoms with E-state index in [2.05, 4.69) is 5.32 Å². The third kappa shape index (κ3) is 5.76. The van der Waals surface area contributed by atoms with Crippen LogP contribution in [0.3, 0.4) is 0 Å². The number of halogens is 1. The number of thioether (sulfide) groups is 1. The van der Waals surface area contributed by atoms with Gasteiger partial charge >= 0.3 is 10.8 Å². The molecule has 10 nitrogen and oxygen atoms in total. The average Bonchev–Trinajstić information content (AvgIpc) is 3.48. The lowest BCUT2D eigenvalue weighted by atomic mass is 9.83.